The predicted molar refractivity (Wildman–Crippen MR) is 134 cm³/mol. The third-order valence-electron chi connectivity index (χ3n) is 5.80. The third-order valence-corrected chi connectivity index (χ3v) is 5.80. The molecule has 0 fully saturated rings. The van der Waals surface area contributed by atoms with E-state index in [1.165, 1.54) is 12.1 Å². The zero-order chi connectivity index (χ0) is 24.3. The van der Waals surface area contributed by atoms with Crippen LogP contribution in [-0.4, -0.2) is 29.3 Å². The minimum absolute atomic E-state index is 0.138. The van der Waals surface area contributed by atoms with Crippen molar-refractivity contribution in [1.29, 1.82) is 0 Å². The van der Waals surface area contributed by atoms with Gasteiger partial charge in [-0.05, 0) is 42.2 Å². The Morgan fingerprint density at radius 1 is 0.912 bits per heavy atom. The lowest BCUT2D eigenvalue weighted by molar-refractivity contribution is -0.140. The summed E-state index contributed by atoms with van der Waals surface area (Å²) in [5.41, 5.74) is 3.73. The Morgan fingerprint density at radius 3 is 2.29 bits per heavy atom. The number of benzene rings is 3. The maximum Gasteiger partial charge on any atom is 0.243 e. The van der Waals surface area contributed by atoms with Crippen LogP contribution in [0.5, 0.6) is 0 Å². The first-order valence-corrected chi connectivity index (χ1v) is 11.9. The SMILES string of the molecule is CCCCNC(=O)[C@H](Cc1ccccc1)N(Cc1ccc(F)cc1)C(=O)Cc1cccc(C)c1. The summed E-state index contributed by atoms with van der Waals surface area (Å²) in [7, 11) is 0. The molecule has 2 amide bonds. The first kappa shape index (κ1) is 25.2. The highest BCUT2D eigenvalue weighted by Gasteiger charge is 2.30. The van der Waals surface area contributed by atoms with Crippen LogP contribution in [-0.2, 0) is 29.0 Å². The van der Waals surface area contributed by atoms with Gasteiger partial charge in [0.1, 0.15) is 11.9 Å². The van der Waals surface area contributed by atoms with E-state index in [1.807, 2.05) is 61.5 Å². The number of unbranched alkanes of at least 4 members (excludes halogenated alkanes) is 1. The average Bonchev–Trinajstić information content (AvgIpc) is 2.83. The highest BCUT2D eigenvalue weighted by Crippen LogP contribution is 2.17. The Labute approximate surface area is 201 Å². The summed E-state index contributed by atoms with van der Waals surface area (Å²) >= 11 is 0. The maximum absolute atomic E-state index is 13.6. The van der Waals surface area contributed by atoms with Gasteiger partial charge in [0.2, 0.25) is 11.8 Å². The molecule has 0 aliphatic rings. The molecule has 0 spiro atoms. The molecule has 0 heterocycles. The monoisotopic (exact) mass is 460 g/mol. The molecule has 178 valence electrons. The van der Waals surface area contributed by atoms with Crippen LogP contribution in [0.15, 0.2) is 78.9 Å². The van der Waals surface area contributed by atoms with Crippen molar-refractivity contribution in [2.24, 2.45) is 0 Å². The van der Waals surface area contributed by atoms with Gasteiger partial charge in [0, 0.05) is 19.5 Å². The van der Waals surface area contributed by atoms with Gasteiger partial charge in [0.05, 0.1) is 6.42 Å². The van der Waals surface area contributed by atoms with Crippen molar-refractivity contribution < 1.29 is 14.0 Å². The second kappa shape index (κ2) is 12.7. The Kier molecular flexibility index (Phi) is 9.39. The largest absolute Gasteiger partial charge is 0.354 e. The molecule has 4 nitrogen and oxygen atoms in total. The molecule has 1 atom stereocenters. The van der Waals surface area contributed by atoms with E-state index in [0.29, 0.717) is 13.0 Å². The molecule has 1 N–H and O–H groups in total. The van der Waals surface area contributed by atoms with E-state index < -0.39 is 6.04 Å². The zero-order valence-corrected chi connectivity index (χ0v) is 20.0. The molecular formula is C29H33FN2O2. The minimum atomic E-state index is -0.679. The minimum Gasteiger partial charge on any atom is -0.354 e. The lowest BCUT2D eigenvalue weighted by atomic mass is 10.0. The van der Waals surface area contributed by atoms with Gasteiger partial charge in [-0.1, -0.05) is 85.6 Å². The lowest BCUT2D eigenvalue weighted by Crippen LogP contribution is -2.51. The van der Waals surface area contributed by atoms with Crippen molar-refractivity contribution in [2.45, 2.75) is 52.1 Å². The number of halogens is 1. The first-order chi connectivity index (χ1) is 16.5. The third kappa shape index (κ3) is 7.55. The van der Waals surface area contributed by atoms with Crippen LogP contribution >= 0.6 is 0 Å². The van der Waals surface area contributed by atoms with E-state index >= 15 is 0 Å². The molecule has 5 heteroatoms. The Bertz CT molecular complexity index is 1070. The molecular weight excluding hydrogens is 427 g/mol. The number of rotatable bonds is 11. The number of carbonyl (C=O) groups is 2. The summed E-state index contributed by atoms with van der Waals surface area (Å²) in [6.07, 6.45) is 2.43. The molecule has 0 radical (unpaired) electrons. The summed E-state index contributed by atoms with van der Waals surface area (Å²) in [6.45, 7) is 4.85. The average molecular weight is 461 g/mol. The van der Waals surface area contributed by atoms with Crippen molar-refractivity contribution in [3.05, 3.63) is 107 Å². The second-order valence-electron chi connectivity index (χ2n) is 8.66. The van der Waals surface area contributed by atoms with Gasteiger partial charge in [-0.3, -0.25) is 9.59 Å². The smallest absolute Gasteiger partial charge is 0.243 e. The van der Waals surface area contributed by atoms with Crippen LogP contribution in [0.2, 0.25) is 0 Å². The van der Waals surface area contributed by atoms with Crippen LogP contribution in [0.25, 0.3) is 0 Å². The quantitative estimate of drug-likeness (QED) is 0.398. The van der Waals surface area contributed by atoms with E-state index in [1.54, 1.807) is 17.0 Å². The fraction of sp³-hybridized carbons (Fsp3) is 0.310. The van der Waals surface area contributed by atoms with Gasteiger partial charge in [-0.25, -0.2) is 4.39 Å². The first-order valence-electron chi connectivity index (χ1n) is 11.9. The molecule has 0 aromatic heterocycles. The molecule has 0 saturated carbocycles. The van der Waals surface area contributed by atoms with Gasteiger partial charge < -0.3 is 10.2 Å². The summed E-state index contributed by atoms with van der Waals surface area (Å²) in [5, 5.41) is 3.01. The van der Waals surface area contributed by atoms with E-state index in [4.69, 9.17) is 0 Å². The molecule has 0 aliphatic carbocycles. The van der Waals surface area contributed by atoms with E-state index in [-0.39, 0.29) is 30.6 Å². The van der Waals surface area contributed by atoms with Crippen LogP contribution in [0.3, 0.4) is 0 Å². The van der Waals surface area contributed by atoms with E-state index in [2.05, 4.69) is 12.2 Å². The van der Waals surface area contributed by atoms with Gasteiger partial charge >= 0.3 is 0 Å². The summed E-state index contributed by atoms with van der Waals surface area (Å²) in [5.74, 6) is -0.641. The van der Waals surface area contributed by atoms with Crippen molar-refractivity contribution in [3.8, 4) is 0 Å². The van der Waals surface area contributed by atoms with Gasteiger partial charge in [-0.15, -0.1) is 0 Å². The molecule has 3 aromatic rings. The van der Waals surface area contributed by atoms with Gasteiger partial charge in [-0.2, -0.15) is 0 Å². The summed E-state index contributed by atoms with van der Waals surface area (Å²) < 4.78 is 13.5. The zero-order valence-electron chi connectivity index (χ0n) is 20.0. The second-order valence-corrected chi connectivity index (χ2v) is 8.66. The Balaban J connectivity index is 1.93. The van der Waals surface area contributed by atoms with Gasteiger partial charge in [0.25, 0.3) is 0 Å². The molecule has 0 bridgehead atoms. The highest BCUT2D eigenvalue weighted by molar-refractivity contribution is 5.88. The predicted octanol–water partition coefficient (Wildman–Crippen LogP) is 5.23. The number of hydrogen-bond donors (Lipinski definition) is 1. The maximum atomic E-state index is 13.6. The van der Waals surface area contributed by atoms with Crippen LogP contribution in [0.1, 0.15) is 42.0 Å². The number of aryl methyl sites for hydroxylation is 1. The number of nitrogens with one attached hydrogen (secondary N) is 1. The highest BCUT2D eigenvalue weighted by atomic mass is 19.1. The number of carbonyl (C=O) groups excluding carboxylic acids is 2. The molecule has 0 saturated heterocycles. The van der Waals surface area contributed by atoms with E-state index in [9.17, 15) is 14.0 Å². The number of hydrogen-bond acceptors (Lipinski definition) is 2. The normalized spacial score (nSPS) is 11.6. The fourth-order valence-corrected chi connectivity index (χ4v) is 3.94. The lowest BCUT2D eigenvalue weighted by Gasteiger charge is -2.32. The van der Waals surface area contributed by atoms with Crippen molar-refractivity contribution in [2.75, 3.05) is 6.54 Å². The standard InChI is InChI=1S/C29H33FN2O2/c1-3-4-17-31-29(34)27(19-23-10-6-5-7-11-23)32(21-24-13-15-26(30)16-14-24)28(33)20-25-12-8-9-22(2)18-25/h5-16,18,27H,3-4,17,19-21H2,1-2H3,(H,31,34)/t27-/m0/s1. The van der Waals surface area contributed by atoms with Crippen molar-refractivity contribution in [1.82, 2.24) is 10.2 Å². The van der Waals surface area contributed by atoms with Crippen molar-refractivity contribution >= 4 is 11.8 Å². The Morgan fingerprint density at radius 2 is 1.62 bits per heavy atom. The molecule has 0 aliphatic heterocycles. The number of amides is 2. The van der Waals surface area contributed by atoms with E-state index in [0.717, 1.165) is 35.1 Å². The topological polar surface area (TPSA) is 49.4 Å². The molecule has 0 unspecified atom stereocenters. The van der Waals surface area contributed by atoms with Crippen molar-refractivity contribution in [3.63, 3.8) is 0 Å². The summed E-state index contributed by atoms with van der Waals surface area (Å²) in [6, 6.07) is 23.0. The van der Waals surface area contributed by atoms with Crippen LogP contribution < -0.4 is 5.32 Å². The number of nitrogens with zero attached hydrogens (tertiary/aromatic N) is 1. The molecule has 3 rings (SSSR count). The molecule has 3 aromatic carbocycles. The fourth-order valence-electron chi connectivity index (χ4n) is 3.94. The van der Waals surface area contributed by atoms with Gasteiger partial charge in [0.15, 0.2) is 0 Å². The van der Waals surface area contributed by atoms with Crippen LogP contribution in [0, 0.1) is 12.7 Å². The summed E-state index contributed by atoms with van der Waals surface area (Å²) in [4.78, 5) is 28.6. The van der Waals surface area contributed by atoms with Crippen LogP contribution in [0.4, 0.5) is 4.39 Å². The molecule has 34 heavy (non-hydrogen) atoms. The Hall–Kier alpha value is -3.47.